The van der Waals surface area contributed by atoms with Gasteiger partial charge in [0.2, 0.25) is 0 Å². The van der Waals surface area contributed by atoms with E-state index in [0.29, 0.717) is 10.6 Å². The lowest BCUT2D eigenvalue weighted by molar-refractivity contribution is -0.142. The molecule has 1 heterocycles. The third kappa shape index (κ3) is 4.51. The van der Waals surface area contributed by atoms with Gasteiger partial charge in [0.25, 0.3) is 0 Å². The predicted octanol–water partition coefficient (Wildman–Crippen LogP) is 5.51. The van der Waals surface area contributed by atoms with Crippen molar-refractivity contribution >= 4 is 40.7 Å². The molecule has 0 amide bonds. The van der Waals surface area contributed by atoms with Gasteiger partial charge in [0.1, 0.15) is 12.7 Å². The van der Waals surface area contributed by atoms with Crippen molar-refractivity contribution < 1.29 is 9.53 Å². The van der Waals surface area contributed by atoms with Gasteiger partial charge in [0.05, 0.1) is 14.6 Å². The molecule has 0 bridgehead atoms. The summed E-state index contributed by atoms with van der Waals surface area (Å²) in [6.45, 7) is 3.67. The molecule has 0 N–H and O–H groups in total. The number of thioether (sulfide) groups is 1. The van der Waals surface area contributed by atoms with Crippen LogP contribution in [-0.2, 0) is 16.1 Å². The summed E-state index contributed by atoms with van der Waals surface area (Å²) in [6.07, 6.45) is 1.03. The molecule has 0 atom stereocenters. The molecular formula is C17H16ClNO2S2. The van der Waals surface area contributed by atoms with E-state index in [1.165, 1.54) is 18.3 Å². The maximum absolute atomic E-state index is 11.1. The van der Waals surface area contributed by atoms with Crippen LogP contribution < -0.4 is 0 Å². The Morgan fingerprint density at radius 3 is 2.65 bits per heavy atom. The van der Waals surface area contributed by atoms with E-state index >= 15 is 0 Å². The number of carbonyl (C=O) groups excluding carboxylic acids is 1. The van der Waals surface area contributed by atoms with Gasteiger partial charge in [-0.15, -0.1) is 23.1 Å². The zero-order valence-electron chi connectivity index (χ0n) is 12.9. The number of thiophene rings is 1. The first kappa shape index (κ1) is 17.9. The molecule has 0 aliphatic rings. The molecule has 0 unspecified atom stereocenters. The minimum atomic E-state index is -0.332. The fourth-order valence-corrected chi connectivity index (χ4v) is 4.55. The van der Waals surface area contributed by atoms with Gasteiger partial charge < -0.3 is 4.74 Å². The number of hydrogen-bond acceptors (Lipinski definition) is 5. The molecule has 0 aliphatic carbocycles. The van der Waals surface area contributed by atoms with Crippen LogP contribution in [0.15, 0.2) is 28.5 Å². The van der Waals surface area contributed by atoms with Crippen molar-refractivity contribution in [1.29, 1.82) is 5.26 Å². The molecule has 0 radical (unpaired) electrons. The second-order valence-corrected chi connectivity index (χ2v) is 7.72. The Morgan fingerprint density at radius 1 is 1.39 bits per heavy atom. The predicted molar refractivity (Wildman–Crippen MR) is 96.0 cm³/mol. The van der Waals surface area contributed by atoms with Crippen LogP contribution in [-0.4, -0.2) is 11.7 Å². The van der Waals surface area contributed by atoms with E-state index in [1.54, 1.807) is 23.9 Å². The molecule has 120 valence electrons. The number of halogens is 1. The summed E-state index contributed by atoms with van der Waals surface area (Å²) in [7, 11) is 0. The molecular weight excluding hydrogens is 350 g/mol. The molecule has 0 spiro atoms. The first-order valence-electron chi connectivity index (χ1n) is 7.14. The van der Waals surface area contributed by atoms with E-state index < -0.39 is 0 Å². The van der Waals surface area contributed by atoms with Gasteiger partial charge in [-0.2, -0.15) is 5.26 Å². The summed E-state index contributed by atoms with van der Waals surface area (Å²) >= 11 is 9.14. The summed E-state index contributed by atoms with van der Waals surface area (Å²) < 4.78 is 6.13. The molecule has 0 fully saturated rings. The van der Waals surface area contributed by atoms with Gasteiger partial charge in [-0.1, -0.05) is 30.7 Å². The molecule has 0 aliphatic heterocycles. The van der Waals surface area contributed by atoms with Crippen LogP contribution in [0.2, 0.25) is 5.02 Å². The molecule has 1 aromatic carbocycles. The minimum absolute atomic E-state index is 0.180. The maximum atomic E-state index is 11.1. The Morgan fingerprint density at radius 2 is 2.09 bits per heavy atom. The second kappa shape index (κ2) is 8.39. The van der Waals surface area contributed by atoms with Gasteiger partial charge in [-0.25, -0.2) is 0 Å². The highest BCUT2D eigenvalue weighted by Gasteiger charge is 2.20. The van der Waals surface area contributed by atoms with E-state index in [9.17, 15) is 10.1 Å². The number of nitriles is 1. The molecule has 1 aromatic heterocycles. The van der Waals surface area contributed by atoms with Crippen LogP contribution in [0.25, 0.3) is 11.1 Å². The lowest BCUT2D eigenvalue weighted by atomic mass is 10.0. The quantitative estimate of drug-likeness (QED) is 0.500. The normalized spacial score (nSPS) is 10.3. The number of hydrogen-bond donors (Lipinski definition) is 0. The van der Waals surface area contributed by atoms with Crippen molar-refractivity contribution in [3.05, 3.63) is 39.7 Å². The smallest absolute Gasteiger partial charge is 0.302 e. The maximum Gasteiger partial charge on any atom is 0.302 e. The van der Waals surface area contributed by atoms with Gasteiger partial charge >= 0.3 is 5.97 Å². The van der Waals surface area contributed by atoms with Crippen LogP contribution in [0.4, 0.5) is 0 Å². The molecule has 23 heavy (non-hydrogen) atoms. The number of rotatable bonds is 6. The topological polar surface area (TPSA) is 50.1 Å². The van der Waals surface area contributed by atoms with Crippen molar-refractivity contribution in [3.63, 3.8) is 0 Å². The Labute approximate surface area is 149 Å². The summed E-state index contributed by atoms with van der Waals surface area (Å²) in [5.41, 5.74) is 2.40. The Bertz CT molecular complexity index is 732. The van der Waals surface area contributed by atoms with Crippen LogP contribution in [0.5, 0.6) is 0 Å². The molecule has 0 saturated carbocycles. The van der Waals surface area contributed by atoms with Crippen molar-refractivity contribution in [2.45, 2.75) is 31.1 Å². The van der Waals surface area contributed by atoms with E-state index in [-0.39, 0.29) is 12.6 Å². The highest BCUT2D eigenvalue weighted by molar-refractivity contribution is 8.01. The third-order valence-corrected chi connectivity index (χ3v) is 5.93. The fourth-order valence-electron chi connectivity index (χ4n) is 2.04. The van der Waals surface area contributed by atoms with Crippen LogP contribution in [0.3, 0.4) is 0 Å². The first-order chi connectivity index (χ1) is 11.1. The number of benzene rings is 1. The summed E-state index contributed by atoms with van der Waals surface area (Å²) in [5, 5.41) is 10.3. The Kier molecular flexibility index (Phi) is 6.52. The lowest BCUT2D eigenvalue weighted by Crippen LogP contribution is -1.98. The van der Waals surface area contributed by atoms with Crippen molar-refractivity contribution in [2.24, 2.45) is 0 Å². The molecule has 2 aromatic rings. The molecule has 0 saturated heterocycles. The van der Waals surface area contributed by atoms with Gasteiger partial charge in [0.15, 0.2) is 0 Å². The summed E-state index contributed by atoms with van der Waals surface area (Å²) in [4.78, 5) is 12.0. The molecule has 3 nitrogen and oxygen atoms in total. The minimum Gasteiger partial charge on any atom is -0.460 e. The van der Waals surface area contributed by atoms with Crippen LogP contribution in [0.1, 0.15) is 30.7 Å². The number of nitrogens with zero attached hydrogens (tertiary/aromatic N) is 1. The van der Waals surface area contributed by atoms with Crippen molar-refractivity contribution in [2.75, 3.05) is 5.75 Å². The Balaban J connectivity index is 2.50. The fraction of sp³-hybridized carbons (Fsp3) is 0.294. The molecule has 2 rings (SSSR count). The average molecular weight is 366 g/mol. The zero-order valence-corrected chi connectivity index (χ0v) is 15.3. The van der Waals surface area contributed by atoms with Crippen LogP contribution >= 0.6 is 34.7 Å². The highest BCUT2D eigenvalue weighted by atomic mass is 35.5. The lowest BCUT2D eigenvalue weighted by Gasteiger charge is -2.05. The van der Waals surface area contributed by atoms with Gasteiger partial charge in [0, 0.05) is 17.5 Å². The number of ether oxygens (including phenoxy) is 1. The first-order valence-corrected chi connectivity index (χ1v) is 9.32. The van der Waals surface area contributed by atoms with E-state index in [0.717, 1.165) is 32.4 Å². The van der Waals surface area contributed by atoms with E-state index in [2.05, 4.69) is 13.0 Å². The second-order valence-electron chi connectivity index (χ2n) is 4.81. The van der Waals surface area contributed by atoms with Gasteiger partial charge in [-0.05, 0) is 29.9 Å². The summed E-state index contributed by atoms with van der Waals surface area (Å²) in [6, 6.07) is 9.67. The van der Waals surface area contributed by atoms with Gasteiger partial charge in [-0.3, -0.25) is 4.79 Å². The molecule has 6 heteroatoms. The van der Waals surface area contributed by atoms with E-state index in [4.69, 9.17) is 16.3 Å². The Hall–Kier alpha value is -1.48. The van der Waals surface area contributed by atoms with Crippen molar-refractivity contribution in [1.82, 2.24) is 0 Å². The number of carbonyl (C=O) groups is 1. The number of esters is 1. The standard InChI is InChI=1S/C17H16ClNO2S2/c1-3-8-22-17-14(9-19)16(12-4-6-13(18)7-5-12)15(23-17)10-21-11(2)20/h4-7H,3,8,10H2,1-2H3. The third-order valence-electron chi connectivity index (χ3n) is 3.04. The largest absolute Gasteiger partial charge is 0.460 e. The summed E-state index contributed by atoms with van der Waals surface area (Å²) in [5.74, 6) is 0.615. The average Bonchev–Trinajstić information content (AvgIpc) is 2.89. The SMILES string of the molecule is CCCSc1sc(COC(C)=O)c(-c2ccc(Cl)cc2)c1C#N. The van der Waals surface area contributed by atoms with Crippen LogP contribution in [0, 0.1) is 11.3 Å². The zero-order chi connectivity index (χ0) is 16.8. The van der Waals surface area contributed by atoms with E-state index in [1.807, 2.05) is 12.1 Å². The highest BCUT2D eigenvalue weighted by Crippen LogP contribution is 2.42. The van der Waals surface area contributed by atoms with Crippen molar-refractivity contribution in [3.8, 4) is 17.2 Å². The monoisotopic (exact) mass is 365 g/mol.